The van der Waals surface area contributed by atoms with E-state index in [2.05, 4.69) is 28.9 Å². The molecule has 0 aliphatic rings. The Labute approximate surface area is 161 Å². The fourth-order valence-electron chi connectivity index (χ4n) is 2.54. The molecule has 0 saturated heterocycles. The number of benzene rings is 1. The summed E-state index contributed by atoms with van der Waals surface area (Å²) < 4.78 is 19.7. The van der Waals surface area contributed by atoms with Crippen molar-refractivity contribution in [3.8, 4) is 0 Å². The Hall–Kier alpha value is -2.03. The number of aromatic nitrogens is 2. The number of anilines is 1. The third kappa shape index (κ3) is 4.20. The zero-order valence-corrected chi connectivity index (χ0v) is 16.1. The number of amides is 1. The van der Waals surface area contributed by atoms with Crippen LogP contribution in [-0.4, -0.2) is 47.1 Å². The molecule has 0 fully saturated rings. The lowest BCUT2D eigenvalue weighted by Gasteiger charge is -2.23. The molecule has 0 bridgehead atoms. The summed E-state index contributed by atoms with van der Waals surface area (Å²) in [6.07, 6.45) is 1.42. The minimum atomic E-state index is -0.393. The van der Waals surface area contributed by atoms with Gasteiger partial charge in [-0.25, -0.2) is 9.37 Å². The smallest absolute Gasteiger partial charge is 0.298 e. The van der Waals surface area contributed by atoms with Crippen LogP contribution in [0.25, 0.3) is 10.2 Å². The monoisotopic (exact) mass is 398 g/mol. The van der Waals surface area contributed by atoms with E-state index in [-0.39, 0.29) is 29.6 Å². The molecule has 9 heteroatoms. The van der Waals surface area contributed by atoms with Gasteiger partial charge in [0, 0.05) is 19.2 Å². The first-order valence-corrected chi connectivity index (χ1v) is 8.95. The molecule has 140 valence electrons. The predicted molar refractivity (Wildman–Crippen MR) is 103 cm³/mol. The molecular weight excluding hydrogens is 379 g/mol. The molecule has 0 saturated carbocycles. The summed E-state index contributed by atoms with van der Waals surface area (Å²) >= 11 is 1.29. The van der Waals surface area contributed by atoms with Gasteiger partial charge in [-0.3, -0.25) is 9.69 Å². The summed E-state index contributed by atoms with van der Waals surface area (Å²) in [5.74, 6) is -0.584. The summed E-state index contributed by atoms with van der Waals surface area (Å²) in [7, 11) is 0. The predicted octanol–water partition coefficient (Wildman–Crippen LogP) is 3.83. The molecule has 0 aliphatic heterocycles. The third-order valence-corrected chi connectivity index (χ3v) is 5.06. The number of thiazole rings is 1. The normalized spacial score (nSPS) is 10.9. The van der Waals surface area contributed by atoms with Crippen LogP contribution in [0.2, 0.25) is 0 Å². The maximum absolute atomic E-state index is 14.0. The van der Waals surface area contributed by atoms with E-state index in [0.717, 1.165) is 13.1 Å². The Morgan fingerprint density at radius 1 is 1.23 bits per heavy atom. The van der Waals surface area contributed by atoms with Gasteiger partial charge in [0.25, 0.3) is 5.91 Å². The number of hydrogen-bond acceptors (Lipinski definition) is 6. The highest BCUT2D eigenvalue weighted by atomic mass is 35.5. The van der Waals surface area contributed by atoms with Crippen molar-refractivity contribution in [1.29, 1.82) is 0 Å². The molecule has 0 N–H and O–H groups in total. The molecule has 2 heterocycles. The van der Waals surface area contributed by atoms with Crippen LogP contribution in [0, 0.1) is 5.82 Å². The topological polar surface area (TPSA) is 62.5 Å². The van der Waals surface area contributed by atoms with E-state index in [1.54, 1.807) is 12.1 Å². The van der Waals surface area contributed by atoms with Gasteiger partial charge in [-0.1, -0.05) is 36.4 Å². The number of halogens is 2. The number of carbonyl (C=O) groups excluding carboxylic acids is 1. The van der Waals surface area contributed by atoms with Gasteiger partial charge in [0.05, 0.1) is 10.9 Å². The molecule has 0 spiro atoms. The minimum Gasteiger partial charge on any atom is -0.351 e. The van der Waals surface area contributed by atoms with E-state index < -0.39 is 5.82 Å². The summed E-state index contributed by atoms with van der Waals surface area (Å²) in [5.41, 5.74) is 0.278. The van der Waals surface area contributed by atoms with Gasteiger partial charge in [-0.05, 0) is 25.2 Å². The number of nitrogens with zero attached hydrogens (tertiary/aromatic N) is 4. The van der Waals surface area contributed by atoms with E-state index in [4.69, 9.17) is 4.52 Å². The zero-order valence-electron chi connectivity index (χ0n) is 14.5. The van der Waals surface area contributed by atoms with Gasteiger partial charge < -0.3 is 9.42 Å². The van der Waals surface area contributed by atoms with Crippen LogP contribution in [0.4, 0.5) is 9.52 Å². The lowest BCUT2D eigenvalue weighted by Crippen LogP contribution is -2.38. The van der Waals surface area contributed by atoms with Crippen molar-refractivity contribution in [2.24, 2.45) is 0 Å². The molecule has 3 aromatic rings. The fraction of sp³-hybridized carbons (Fsp3) is 0.353. The SMILES string of the molecule is CCN(CC)CCN(C(=O)c1ccno1)c1nc2c(F)cccc2s1.Cl. The molecule has 2 aromatic heterocycles. The molecule has 6 nitrogen and oxygen atoms in total. The Bertz CT molecular complexity index is 852. The second-order valence-electron chi connectivity index (χ2n) is 5.44. The fourth-order valence-corrected chi connectivity index (χ4v) is 3.55. The molecule has 0 unspecified atom stereocenters. The van der Waals surface area contributed by atoms with Gasteiger partial charge in [-0.15, -0.1) is 12.4 Å². The van der Waals surface area contributed by atoms with Crippen molar-refractivity contribution in [2.75, 3.05) is 31.1 Å². The Kier molecular flexibility index (Phi) is 7.07. The van der Waals surface area contributed by atoms with Crippen molar-refractivity contribution in [1.82, 2.24) is 15.0 Å². The summed E-state index contributed by atoms with van der Waals surface area (Å²) in [4.78, 5) is 20.9. The van der Waals surface area contributed by atoms with E-state index in [1.807, 2.05) is 0 Å². The number of rotatable bonds is 7. The van der Waals surface area contributed by atoms with Crippen LogP contribution >= 0.6 is 23.7 Å². The maximum atomic E-state index is 14.0. The van der Waals surface area contributed by atoms with Crippen molar-refractivity contribution in [3.05, 3.63) is 42.0 Å². The first kappa shape index (κ1) is 20.3. The van der Waals surface area contributed by atoms with Gasteiger partial charge in [0.15, 0.2) is 5.13 Å². The van der Waals surface area contributed by atoms with Gasteiger partial charge >= 0.3 is 0 Å². The maximum Gasteiger partial charge on any atom is 0.298 e. The molecule has 1 amide bonds. The van der Waals surface area contributed by atoms with E-state index >= 15 is 0 Å². The quantitative estimate of drug-likeness (QED) is 0.605. The van der Waals surface area contributed by atoms with Crippen LogP contribution in [0.3, 0.4) is 0 Å². The second kappa shape index (κ2) is 9.07. The Morgan fingerprint density at radius 3 is 2.62 bits per heavy atom. The lowest BCUT2D eigenvalue weighted by molar-refractivity contribution is 0.0948. The molecule has 0 radical (unpaired) electrons. The average Bonchev–Trinajstić information content (AvgIpc) is 3.28. The second-order valence-corrected chi connectivity index (χ2v) is 6.45. The van der Waals surface area contributed by atoms with Crippen LogP contribution in [-0.2, 0) is 0 Å². The van der Waals surface area contributed by atoms with E-state index in [9.17, 15) is 9.18 Å². The highest BCUT2D eigenvalue weighted by Gasteiger charge is 2.24. The first-order valence-electron chi connectivity index (χ1n) is 8.14. The van der Waals surface area contributed by atoms with Crippen LogP contribution in [0.15, 0.2) is 35.0 Å². The van der Waals surface area contributed by atoms with Gasteiger partial charge in [-0.2, -0.15) is 0 Å². The number of carbonyl (C=O) groups is 1. The molecule has 0 atom stereocenters. The number of likely N-dealkylation sites (N-methyl/N-ethyl adjacent to an activating group) is 1. The lowest BCUT2D eigenvalue weighted by atomic mass is 10.3. The Morgan fingerprint density at radius 2 is 2.00 bits per heavy atom. The number of hydrogen-bond donors (Lipinski definition) is 0. The number of fused-ring (bicyclic) bond motifs is 1. The molecule has 0 aliphatic carbocycles. The van der Waals surface area contributed by atoms with Crippen molar-refractivity contribution >= 4 is 45.0 Å². The third-order valence-electron chi connectivity index (χ3n) is 4.02. The van der Waals surface area contributed by atoms with Gasteiger partial charge in [0.2, 0.25) is 5.76 Å². The highest BCUT2D eigenvalue weighted by Crippen LogP contribution is 2.31. The van der Waals surface area contributed by atoms with Crippen LogP contribution in [0.5, 0.6) is 0 Å². The first-order chi connectivity index (χ1) is 12.1. The number of para-hydroxylation sites is 1. The highest BCUT2D eigenvalue weighted by molar-refractivity contribution is 7.22. The zero-order chi connectivity index (χ0) is 17.8. The largest absolute Gasteiger partial charge is 0.351 e. The summed E-state index contributed by atoms with van der Waals surface area (Å²) in [6.45, 7) is 7.02. The van der Waals surface area contributed by atoms with Crippen LogP contribution < -0.4 is 4.90 Å². The van der Waals surface area contributed by atoms with E-state index in [0.29, 0.717) is 22.9 Å². The van der Waals surface area contributed by atoms with Crippen molar-refractivity contribution < 1.29 is 13.7 Å². The Balaban J connectivity index is 0.00000243. The van der Waals surface area contributed by atoms with Gasteiger partial charge in [0.1, 0.15) is 11.3 Å². The molecule has 3 rings (SSSR count). The van der Waals surface area contributed by atoms with E-state index in [1.165, 1.54) is 34.6 Å². The van der Waals surface area contributed by atoms with Crippen molar-refractivity contribution in [2.45, 2.75) is 13.8 Å². The summed E-state index contributed by atoms with van der Waals surface area (Å²) in [5, 5.41) is 4.05. The van der Waals surface area contributed by atoms with Crippen molar-refractivity contribution in [3.63, 3.8) is 0 Å². The summed E-state index contributed by atoms with van der Waals surface area (Å²) in [6, 6.07) is 6.31. The van der Waals surface area contributed by atoms with Crippen LogP contribution in [0.1, 0.15) is 24.4 Å². The standard InChI is InChI=1S/C17H19FN4O2S.ClH/c1-3-21(4-2)10-11-22(16(23)13-8-9-19-24-13)17-20-15-12(18)6-5-7-14(15)25-17;/h5-9H,3-4,10-11H2,1-2H3;1H. The molecular formula is C17H20ClFN4O2S. The molecule has 1 aromatic carbocycles. The minimum absolute atomic E-state index is 0. The molecule has 26 heavy (non-hydrogen) atoms. The average molecular weight is 399 g/mol.